The van der Waals surface area contributed by atoms with Gasteiger partial charge in [-0.1, -0.05) is 233 Å². The fourth-order valence-electron chi connectivity index (χ4n) is 15.8. The average molecular weight is 1940 g/mol. The van der Waals surface area contributed by atoms with Crippen molar-refractivity contribution in [1.29, 1.82) is 0 Å². The Kier molecular flexibility index (Phi) is 34.5. The summed E-state index contributed by atoms with van der Waals surface area (Å²) in [6.45, 7) is 17.1. The van der Waals surface area contributed by atoms with E-state index in [0.29, 0.717) is 6.04 Å². The zero-order valence-electron chi connectivity index (χ0n) is 69.1. The van der Waals surface area contributed by atoms with Gasteiger partial charge in [-0.25, -0.2) is 0 Å². The second kappa shape index (κ2) is 45.6. The van der Waals surface area contributed by atoms with Crippen LogP contribution in [0.25, 0.3) is 33.4 Å². The van der Waals surface area contributed by atoms with Crippen molar-refractivity contribution in [2.24, 2.45) is 20.0 Å². The van der Waals surface area contributed by atoms with Crippen LogP contribution < -0.4 is 34.9 Å². The van der Waals surface area contributed by atoms with Gasteiger partial charge >= 0.3 is 0 Å². The first kappa shape index (κ1) is 90.8. The van der Waals surface area contributed by atoms with Crippen LogP contribution in [0, 0.1) is 0 Å². The molecule has 0 amide bonds. The van der Waals surface area contributed by atoms with Crippen LogP contribution in [-0.2, 0) is 51.4 Å². The van der Waals surface area contributed by atoms with Gasteiger partial charge in [-0.05, 0) is 272 Å². The smallest absolute Gasteiger partial charge is 0.131 e. The number of halogens is 8. The summed E-state index contributed by atoms with van der Waals surface area (Å²) in [6, 6.07) is 74.8. The van der Waals surface area contributed by atoms with E-state index in [-0.39, 0.29) is 0 Å². The third-order valence-corrected chi connectivity index (χ3v) is 25.5. The molecule has 120 heavy (non-hydrogen) atoms. The summed E-state index contributed by atoms with van der Waals surface area (Å²) >= 11 is 41.0. The van der Waals surface area contributed by atoms with Crippen LogP contribution in [-0.4, -0.2) is 140 Å². The first-order chi connectivity index (χ1) is 58.5. The van der Waals surface area contributed by atoms with E-state index in [0.717, 1.165) is 252 Å². The maximum Gasteiger partial charge on any atom is 0.131 e. The third kappa shape index (κ3) is 24.1. The number of para-hydroxylation sites is 1. The van der Waals surface area contributed by atoms with Gasteiger partial charge in [0.05, 0.1) is 54.6 Å². The molecule has 21 heteroatoms. The van der Waals surface area contributed by atoms with Crippen LogP contribution in [0.5, 0.6) is 23.0 Å². The Hall–Kier alpha value is -8.46. The summed E-state index contributed by atoms with van der Waals surface area (Å²) < 4.78 is 26.1. The highest BCUT2D eigenvalue weighted by molar-refractivity contribution is 9.11. The van der Waals surface area contributed by atoms with E-state index < -0.39 is 0 Å². The van der Waals surface area contributed by atoms with Crippen molar-refractivity contribution in [3.05, 3.63) is 323 Å². The van der Waals surface area contributed by atoms with E-state index in [1.165, 1.54) is 68.5 Å². The monoisotopic (exact) mass is 1940 g/mol. The number of aliphatic imine (C=N–C) groups is 4. The molecular formula is C99H103Br4Cl4N9O4. The quantitative estimate of drug-likeness (QED) is 0.0403. The van der Waals surface area contributed by atoms with Gasteiger partial charge in [0.25, 0.3) is 0 Å². The minimum absolute atomic E-state index is 0.457. The van der Waals surface area contributed by atoms with Crippen molar-refractivity contribution in [2.45, 2.75) is 91.0 Å². The molecule has 0 saturated heterocycles. The number of aryl methyl sites for hydroxylation is 4. The van der Waals surface area contributed by atoms with Gasteiger partial charge in [-0.3, -0.25) is 20.0 Å². The summed E-state index contributed by atoms with van der Waals surface area (Å²) in [4.78, 5) is 23.7. The van der Waals surface area contributed by atoms with Gasteiger partial charge in [0, 0.05) is 98.0 Å². The van der Waals surface area contributed by atoms with Gasteiger partial charge in [-0.2, -0.15) is 0 Å². The molecule has 1 unspecified atom stereocenters. The predicted molar refractivity (Wildman–Crippen MR) is 517 cm³/mol. The fraction of sp³-hybridized carbons (Fsp3) is 0.293. The molecule has 3 N–H and O–H groups in total. The molecule has 0 saturated carbocycles. The number of ether oxygens (including phenoxy) is 4. The minimum Gasteiger partial charge on any atom is -0.497 e. The summed E-state index contributed by atoms with van der Waals surface area (Å²) in [7, 11) is 6.81. The Balaban J connectivity index is 0.000000147. The van der Waals surface area contributed by atoms with Crippen LogP contribution in [0.2, 0.25) is 20.1 Å². The SMILES string of the molecule is CCN(CC)CCCC(C)N1CCN=C1c1cccc(Cl)c1CCc1cc(Br)ccc1OC.COc1ccc(-c2ccc(Br)cc2CCc2c(Cl)cccc2C2=NCCN2)cc1.COc1cccc(-c2ccc(Br)cc2CCc2c(Cl)cccc2C2=NCCN2)c1.COc1ccccc1-c1ccc(Br)cc1CCc1c(Cl)cccc1C1=NCCN1. The van der Waals surface area contributed by atoms with Crippen LogP contribution in [0.4, 0.5) is 0 Å². The first-order valence-electron chi connectivity index (χ1n) is 41.1. The number of rotatable bonds is 30. The molecule has 4 aliphatic heterocycles. The van der Waals surface area contributed by atoms with Gasteiger partial charge in [0.15, 0.2) is 0 Å². The molecule has 4 aliphatic rings. The van der Waals surface area contributed by atoms with E-state index in [9.17, 15) is 0 Å². The predicted octanol–water partition coefficient (Wildman–Crippen LogP) is 24.2. The van der Waals surface area contributed by atoms with Gasteiger partial charge in [-0.15, -0.1) is 0 Å². The summed E-state index contributed by atoms with van der Waals surface area (Å²) in [6.07, 6.45) is 9.18. The van der Waals surface area contributed by atoms with E-state index in [1.807, 2.05) is 103 Å². The largest absolute Gasteiger partial charge is 0.497 e. The number of nitrogens with one attached hydrogen (secondary N) is 3. The van der Waals surface area contributed by atoms with Crippen molar-refractivity contribution in [2.75, 3.05) is 100 Å². The van der Waals surface area contributed by atoms with Crippen molar-refractivity contribution >= 4 is 133 Å². The molecule has 13 nitrogen and oxygen atoms in total. The Morgan fingerprint density at radius 1 is 0.375 bits per heavy atom. The normalized spacial score (nSPS) is 13.6. The molecule has 15 rings (SSSR count). The molecule has 624 valence electrons. The number of benzene rings is 11. The average Bonchev–Trinajstić information content (AvgIpc) is 1.55. The molecule has 0 radical (unpaired) electrons. The molecule has 0 fully saturated rings. The molecule has 1 atom stereocenters. The van der Waals surface area contributed by atoms with E-state index in [4.69, 9.17) is 70.3 Å². The van der Waals surface area contributed by atoms with Crippen molar-refractivity contribution in [1.82, 2.24) is 25.8 Å². The van der Waals surface area contributed by atoms with E-state index in [2.05, 4.69) is 240 Å². The number of amidine groups is 4. The lowest BCUT2D eigenvalue weighted by Crippen LogP contribution is -2.38. The van der Waals surface area contributed by atoms with Crippen molar-refractivity contribution in [3.63, 3.8) is 0 Å². The number of hydrogen-bond acceptors (Lipinski definition) is 13. The molecule has 4 heterocycles. The van der Waals surface area contributed by atoms with Crippen molar-refractivity contribution < 1.29 is 18.9 Å². The van der Waals surface area contributed by atoms with Crippen LogP contribution in [0.1, 0.15) is 100 Å². The Bertz CT molecular complexity index is 5450. The number of nitrogens with zero attached hydrogens (tertiary/aromatic N) is 6. The van der Waals surface area contributed by atoms with Gasteiger partial charge in [0.2, 0.25) is 0 Å². The Morgan fingerprint density at radius 2 is 0.792 bits per heavy atom. The maximum absolute atomic E-state index is 6.74. The minimum atomic E-state index is 0.457. The van der Waals surface area contributed by atoms with Crippen LogP contribution in [0.3, 0.4) is 0 Å². The molecule has 11 aromatic carbocycles. The topological polar surface area (TPSA) is 129 Å². The molecule has 11 aromatic rings. The second-order valence-corrected chi connectivity index (χ2v) is 34.8. The zero-order valence-corrected chi connectivity index (χ0v) is 78.4. The number of methoxy groups -OCH3 is 4. The molecule has 0 spiro atoms. The highest BCUT2D eigenvalue weighted by Crippen LogP contribution is 2.39. The first-order valence-corrected chi connectivity index (χ1v) is 45.7. The highest BCUT2D eigenvalue weighted by atomic mass is 79.9. The summed E-state index contributed by atoms with van der Waals surface area (Å²) in [5, 5.41) is 13.3. The zero-order chi connectivity index (χ0) is 84.4. The molecule has 0 aliphatic carbocycles. The molecular weight excluding hydrogens is 1840 g/mol. The lowest BCUT2D eigenvalue weighted by atomic mass is 9.93. The Labute approximate surface area is 762 Å². The van der Waals surface area contributed by atoms with E-state index in [1.54, 1.807) is 28.4 Å². The van der Waals surface area contributed by atoms with Gasteiger partial charge < -0.3 is 44.7 Å². The molecule has 0 bridgehead atoms. The van der Waals surface area contributed by atoms with Gasteiger partial charge in [0.1, 0.15) is 46.3 Å². The summed E-state index contributed by atoms with van der Waals surface area (Å²) in [5.41, 5.74) is 21.0. The van der Waals surface area contributed by atoms with Crippen molar-refractivity contribution in [3.8, 4) is 56.4 Å². The standard InChI is InChI=1S/C27H37BrClN3O.3C24H22BrClN2O/c1-5-31(6-2)17-8-9-20(3)32-18-16-30-27(32)24-10-7-11-25(29)23(24)14-12-21-19-22(28)13-15-26(21)33-4;1-29-19-5-2-4-16(15-19)20-11-9-18(25)14-17(20)8-10-21-22(6-3-7-23(21)26)24-27-12-13-28-24;1-29-23-8-3-2-5-20(23)18-12-10-17(25)15-16(18)9-11-19-21(6-4-7-22(19)26)24-27-13-14-28-24;1-29-19-9-5-16(6-10-19)20-12-8-18(25)15-17(20)7-11-21-22(3-2-4-23(21)26)24-27-13-14-28-24/h7,10-11,13,15,19-20H,5-6,8-9,12,14,16-18H2,1-4H3;2-7,9,11,14-15H,8,10,12-13H2,1H3,(H,27,28);2-8,10,12,15H,9,11,13-14H2,1H3,(H,27,28);2-6,8-10,12,15H,7,11,13-14H2,1H3,(H,27,28). The Morgan fingerprint density at radius 3 is 1.26 bits per heavy atom. The van der Waals surface area contributed by atoms with Crippen LogP contribution >= 0.6 is 110 Å². The van der Waals surface area contributed by atoms with Crippen LogP contribution in [0.15, 0.2) is 256 Å². The van der Waals surface area contributed by atoms with E-state index >= 15 is 0 Å². The third-order valence-electron chi connectivity index (χ3n) is 22.1. The highest BCUT2D eigenvalue weighted by Gasteiger charge is 2.28. The molecule has 0 aromatic heterocycles. The summed E-state index contributed by atoms with van der Waals surface area (Å²) in [5.74, 6) is 7.45. The fourth-order valence-corrected chi connectivity index (χ4v) is 18.5. The number of hydrogen-bond donors (Lipinski definition) is 3. The lowest BCUT2D eigenvalue weighted by Gasteiger charge is -2.30. The maximum atomic E-state index is 6.74. The lowest BCUT2D eigenvalue weighted by molar-refractivity contribution is 0.271. The second-order valence-electron chi connectivity index (χ2n) is 29.5.